The Balaban J connectivity index is 2.22. The molecule has 1 fully saturated rings. The number of carbonyl (C=O) groups excluding carboxylic acids is 1. The predicted molar refractivity (Wildman–Crippen MR) is 62.4 cm³/mol. The van der Waals surface area contributed by atoms with Gasteiger partial charge in [0.15, 0.2) is 0 Å². The van der Waals surface area contributed by atoms with Crippen LogP contribution in [0.15, 0.2) is 0 Å². The number of carbonyl (C=O) groups is 1. The van der Waals surface area contributed by atoms with Crippen molar-refractivity contribution in [3.05, 3.63) is 0 Å². The van der Waals surface area contributed by atoms with Crippen molar-refractivity contribution in [1.29, 1.82) is 0 Å². The zero-order valence-corrected chi connectivity index (χ0v) is 10.9. The first kappa shape index (κ1) is 16.2. The second-order valence-electron chi connectivity index (χ2n) is 4.93. The van der Waals surface area contributed by atoms with Gasteiger partial charge in [0.25, 0.3) is 0 Å². The zero-order chi connectivity index (χ0) is 14.5. The average molecular weight is 283 g/mol. The molecule has 1 saturated carbocycles. The highest BCUT2D eigenvalue weighted by atomic mass is 19.4. The third kappa shape index (κ3) is 6.24. The smallest absolute Gasteiger partial charge is 0.391 e. The van der Waals surface area contributed by atoms with E-state index in [4.69, 9.17) is 0 Å². The first-order valence-electron chi connectivity index (χ1n) is 6.43. The molecule has 2 N–H and O–H groups in total. The number of nitrogens with one attached hydrogen (secondary N) is 1. The fourth-order valence-electron chi connectivity index (χ4n) is 2.15. The van der Waals surface area contributed by atoms with Crippen LogP contribution in [0.25, 0.3) is 0 Å². The molecular formula is C12H20F3NO3. The SMILES string of the molecule is CC(OCC(F)(F)F)C(=O)NCC(O)C1CCCC1. The van der Waals surface area contributed by atoms with Crippen LogP contribution in [-0.4, -0.2) is 42.5 Å². The Hall–Kier alpha value is -0.820. The van der Waals surface area contributed by atoms with Crippen LogP contribution in [0.4, 0.5) is 13.2 Å². The quantitative estimate of drug-likeness (QED) is 0.779. The summed E-state index contributed by atoms with van der Waals surface area (Å²) in [6.07, 6.45) is -2.27. The monoisotopic (exact) mass is 283 g/mol. The molecule has 0 bridgehead atoms. The minimum atomic E-state index is -4.45. The summed E-state index contributed by atoms with van der Waals surface area (Å²) in [6.45, 7) is -0.140. The van der Waals surface area contributed by atoms with Crippen LogP contribution < -0.4 is 5.32 Å². The fourth-order valence-corrected chi connectivity index (χ4v) is 2.15. The predicted octanol–water partition coefficient (Wildman–Crippen LogP) is 1.62. The lowest BCUT2D eigenvalue weighted by Crippen LogP contribution is -2.41. The number of rotatable bonds is 6. The minimum absolute atomic E-state index is 0.0587. The highest BCUT2D eigenvalue weighted by Crippen LogP contribution is 2.27. The van der Waals surface area contributed by atoms with Gasteiger partial charge >= 0.3 is 6.18 Å². The standard InChI is InChI=1S/C12H20F3NO3/c1-8(19-7-12(13,14)15)11(18)16-6-10(17)9-4-2-3-5-9/h8-10,17H,2-7H2,1H3,(H,16,18). The van der Waals surface area contributed by atoms with E-state index in [0.717, 1.165) is 25.7 Å². The van der Waals surface area contributed by atoms with Crippen LogP contribution in [-0.2, 0) is 9.53 Å². The molecule has 0 aromatic carbocycles. The number of amides is 1. The van der Waals surface area contributed by atoms with E-state index in [1.165, 1.54) is 6.92 Å². The molecule has 1 rings (SSSR count). The van der Waals surface area contributed by atoms with Gasteiger partial charge in [0.2, 0.25) is 5.91 Å². The van der Waals surface area contributed by atoms with E-state index in [-0.39, 0.29) is 12.5 Å². The van der Waals surface area contributed by atoms with Gasteiger partial charge in [0, 0.05) is 6.54 Å². The fraction of sp³-hybridized carbons (Fsp3) is 0.917. The maximum absolute atomic E-state index is 11.9. The van der Waals surface area contributed by atoms with Crippen molar-refractivity contribution in [3.8, 4) is 0 Å². The Morgan fingerprint density at radius 2 is 2.00 bits per heavy atom. The van der Waals surface area contributed by atoms with Gasteiger partial charge in [-0.15, -0.1) is 0 Å². The number of aliphatic hydroxyl groups is 1. The number of ether oxygens (including phenoxy) is 1. The molecule has 19 heavy (non-hydrogen) atoms. The summed E-state index contributed by atoms with van der Waals surface area (Å²) in [4.78, 5) is 11.5. The molecule has 0 heterocycles. The number of alkyl halides is 3. The summed E-state index contributed by atoms with van der Waals surface area (Å²) in [7, 11) is 0. The van der Waals surface area contributed by atoms with Gasteiger partial charge < -0.3 is 15.2 Å². The topological polar surface area (TPSA) is 58.6 Å². The third-order valence-corrected chi connectivity index (χ3v) is 3.30. The van der Waals surface area contributed by atoms with Crippen LogP contribution in [0.5, 0.6) is 0 Å². The summed E-state index contributed by atoms with van der Waals surface area (Å²) in [5, 5.41) is 12.2. The Morgan fingerprint density at radius 3 is 2.53 bits per heavy atom. The Labute approximate surface area is 110 Å². The van der Waals surface area contributed by atoms with Crippen LogP contribution in [0.1, 0.15) is 32.6 Å². The Kier molecular flexibility index (Phi) is 6.06. The van der Waals surface area contributed by atoms with Crippen molar-refractivity contribution in [2.75, 3.05) is 13.2 Å². The number of hydrogen-bond donors (Lipinski definition) is 2. The molecule has 2 atom stereocenters. The first-order valence-corrected chi connectivity index (χ1v) is 6.43. The molecule has 1 aliphatic rings. The van der Waals surface area contributed by atoms with E-state index in [1.54, 1.807) is 0 Å². The molecule has 0 aromatic rings. The molecule has 7 heteroatoms. The Morgan fingerprint density at radius 1 is 1.42 bits per heavy atom. The molecule has 1 aliphatic carbocycles. The van der Waals surface area contributed by atoms with Gasteiger partial charge in [-0.1, -0.05) is 12.8 Å². The molecule has 112 valence electrons. The highest BCUT2D eigenvalue weighted by Gasteiger charge is 2.30. The molecule has 0 saturated heterocycles. The summed E-state index contributed by atoms with van der Waals surface area (Å²) in [5.74, 6) is -0.465. The van der Waals surface area contributed by atoms with Crippen molar-refractivity contribution in [3.63, 3.8) is 0 Å². The second-order valence-corrected chi connectivity index (χ2v) is 4.93. The van der Waals surface area contributed by atoms with Crippen molar-refractivity contribution >= 4 is 5.91 Å². The van der Waals surface area contributed by atoms with Crippen LogP contribution in [0.2, 0.25) is 0 Å². The lowest BCUT2D eigenvalue weighted by Gasteiger charge is -2.20. The summed E-state index contributed by atoms with van der Waals surface area (Å²) >= 11 is 0. The molecule has 2 unspecified atom stereocenters. The van der Waals surface area contributed by atoms with Gasteiger partial charge in [-0.25, -0.2) is 0 Å². The summed E-state index contributed by atoms with van der Waals surface area (Å²) in [5.41, 5.74) is 0. The van der Waals surface area contributed by atoms with Crippen molar-refractivity contribution in [2.24, 2.45) is 5.92 Å². The number of halogens is 3. The van der Waals surface area contributed by atoms with E-state index in [0.29, 0.717) is 0 Å². The van der Waals surface area contributed by atoms with Crippen molar-refractivity contribution in [1.82, 2.24) is 5.32 Å². The molecule has 1 amide bonds. The molecule has 0 radical (unpaired) electrons. The van der Waals surface area contributed by atoms with E-state index in [2.05, 4.69) is 10.1 Å². The molecule has 0 aliphatic heterocycles. The van der Waals surface area contributed by atoms with Gasteiger partial charge in [-0.3, -0.25) is 4.79 Å². The first-order chi connectivity index (χ1) is 8.79. The normalized spacial score (nSPS) is 20.3. The molecule has 0 aromatic heterocycles. The lowest BCUT2D eigenvalue weighted by atomic mass is 10.0. The Bertz CT molecular complexity index is 290. The van der Waals surface area contributed by atoms with Gasteiger partial charge in [0.05, 0.1) is 6.10 Å². The van der Waals surface area contributed by atoms with E-state index < -0.39 is 30.9 Å². The zero-order valence-electron chi connectivity index (χ0n) is 10.9. The lowest BCUT2D eigenvalue weighted by molar-refractivity contribution is -0.185. The summed E-state index contributed by atoms with van der Waals surface area (Å²) in [6, 6.07) is 0. The van der Waals surface area contributed by atoms with Gasteiger partial charge in [-0.05, 0) is 25.7 Å². The van der Waals surface area contributed by atoms with Crippen LogP contribution in [0.3, 0.4) is 0 Å². The van der Waals surface area contributed by atoms with E-state index in [9.17, 15) is 23.1 Å². The average Bonchev–Trinajstić information content (AvgIpc) is 2.85. The van der Waals surface area contributed by atoms with E-state index in [1.807, 2.05) is 0 Å². The maximum Gasteiger partial charge on any atom is 0.411 e. The largest absolute Gasteiger partial charge is 0.411 e. The van der Waals surface area contributed by atoms with E-state index >= 15 is 0 Å². The summed E-state index contributed by atoms with van der Waals surface area (Å²) < 4.78 is 40.1. The minimum Gasteiger partial charge on any atom is -0.391 e. The van der Waals surface area contributed by atoms with Crippen molar-refractivity contribution in [2.45, 2.75) is 51.0 Å². The second kappa shape index (κ2) is 7.09. The molecule has 4 nitrogen and oxygen atoms in total. The number of aliphatic hydroxyl groups excluding tert-OH is 1. The van der Waals surface area contributed by atoms with Gasteiger partial charge in [0.1, 0.15) is 12.7 Å². The van der Waals surface area contributed by atoms with Crippen LogP contribution in [0, 0.1) is 5.92 Å². The van der Waals surface area contributed by atoms with Crippen molar-refractivity contribution < 1.29 is 27.8 Å². The molecular weight excluding hydrogens is 263 g/mol. The number of hydrogen-bond acceptors (Lipinski definition) is 3. The highest BCUT2D eigenvalue weighted by molar-refractivity contribution is 5.80. The van der Waals surface area contributed by atoms with Gasteiger partial charge in [-0.2, -0.15) is 13.2 Å². The third-order valence-electron chi connectivity index (χ3n) is 3.30. The molecule has 0 spiro atoms. The maximum atomic E-state index is 11.9. The van der Waals surface area contributed by atoms with Crippen LogP contribution >= 0.6 is 0 Å².